The van der Waals surface area contributed by atoms with Gasteiger partial charge in [0.15, 0.2) is 9.84 Å². The van der Waals surface area contributed by atoms with Gasteiger partial charge in [0.25, 0.3) is 0 Å². The first-order chi connectivity index (χ1) is 11.2. The van der Waals surface area contributed by atoms with Gasteiger partial charge in [-0.25, -0.2) is 8.42 Å². The smallest absolute Gasteiger partial charge is 0.234 e. The van der Waals surface area contributed by atoms with Crippen molar-refractivity contribution in [2.24, 2.45) is 0 Å². The average Bonchev–Trinajstić information content (AvgIpc) is 3.27. The van der Waals surface area contributed by atoms with Crippen LogP contribution >= 0.6 is 0 Å². The van der Waals surface area contributed by atoms with Crippen LogP contribution in [0.25, 0.3) is 0 Å². The molecule has 0 radical (unpaired) electrons. The Morgan fingerprint density at radius 3 is 2.50 bits per heavy atom. The van der Waals surface area contributed by atoms with E-state index in [9.17, 15) is 13.2 Å². The lowest BCUT2D eigenvalue weighted by Gasteiger charge is -2.27. The summed E-state index contributed by atoms with van der Waals surface area (Å²) in [5.74, 6) is 0.140. The van der Waals surface area contributed by atoms with Gasteiger partial charge in [0.1, 0.15) is 0 Å². The van der Waals surface area contributed by atoms with Gasteiger partial charge in [0, 0.05) is 12.6 Å². The number of hydrogen-bond donors (Lipinski definition) is 1. The van der Waals surface area contributed by atoms with Crippen molar-refractivity contribution >= 4 is 15.7 Å². The van der Waals surface area contributed by atoms with Crippen LogP contribution in [0.3, 0.4) is 0 Å². The fourth-order valence-electron chi connectivity index (χ4n) is 3.35. The highest BCUT2D eigenvalue weighted by Gasteiger charge is 2.40. The molecule has 132 valence electrons. The summed E-state index contributed by atoms with van der Waals surface area (Å²) in [5.41, 5.74) is 1.81. The third kappa shape index (κ3) is 4.57. The van der Waals surface area contributed by atoms with Gasteiger partial charge in [-0.2, -0.15) is 0 Å². The molecule has 1 amide bonds. The van der Waals surface area contributed by atoms with Crippen molar-refractivity contribution in [2.75, 3.05) is 18.1 Å². The number of carbonyl (C=O) groups excluding carboxylic acids is 1. The van der Waals surface area contributed by atoms with E-state index in [2.05, 4.69) is 41.4 Å². The summed E-state index contributed by atoms with van der Waals surface area (Å²) >= 11 is 0. The topological polar surface area (TPSA) is 66.5 Å². The SMILES string of the molecule is Cc1ccc(CN(CC(=O)NC2(C)CCS(=O)(=O)C2)C2CC2)cc1. The van der Waals surface area contributed by atoms with Crippen LogP contribution in [0.5, 0.6) is 0 Å². The molecule has 1 aliphatic carbocycles. The fraction of sp³-hybridized carbons (Fsp3) is 0.611. The number of hydrogen-bond acceptors (Lipinski definition) is 4. The number of rotatable bonds is 6. The van der Waals surface area contributed by atoms with Crippen molar-refractivity contribution < 1.29 is 13.2 Å². The van der Waals surface area contributed by atoms with Crippen LogP contribution in [0, 0.1) is 6.92 Å². The zero-order valence-electron chi connectivity index (χ0n) is 14.4. The Bertz CT molecular complexity index is 710. The molecule has 5 nitrogen and oxygen atoms in total. The van der Waals surface area contributed by atoms with Crippen molar-refractivity contribution in [1.82, 2.24) is 10.2 Å². The summed E-state index contributed by atoms with van der Waals surface area (Å²) in [6, 6.07) is 8.86. The monoisotopic (exact) mass is 350 g/mol. The zero-order chi connectivity index (χ0) is 17.4. The minimum atomic E-state index is -3.01. The molecular weight excluding hydrogens is 324 g/mol. The minimum Gasteiger partial charge on any atom is -0.349 e. The summed E-state index contributed by atoms with van der Waals surface area (Å²) < 4.78 is 23.4. The molecule has 0 aromatic heterocycles. The molecule has 2 fully saturated rings. The van der Waals surface area contributed by atoms with Crippen molar-refractivity contribution in [3.05, 3.63) is 35.4 Å². The number of aryl methyl sites for hydroxylation is 1. The maximum atomic E-state index is 12.5. The second-order valence-electron chi connectivity index (χ2n) is 7.57. The van der Waals surface area contributed by atoms with Crippen LogP contribution in [-0.4, -0.2) is 48.9 Å². The number of amides is 1. The van der Waals surface area contributed by atoms with Gasteiger partial charge >= 0.3 is 0 Å². The Balaban J connectivity index is 1.59. The van der Waals surface area contributed by atoms with Crippen molar-refractivity contribution in [1.29, 1.82) is 0 Å². The molecule has 2 aliphatic rings. The number of benzene rings is 1. The molecule has 1 saturated heterocycles. The van der Waals surface area contributed by atoms with Gasteiger partial charge in [-0.05, 0) is 38.7 Å². The van der Waals surface area contributed by atoms with Gasteiger partial charge in [-0.15, -0.1) is 0 Å². The first-order valence-corrected chi connectivity index (χ1v) is 10.4. The summed E-state index contributed by atoms with van der Waals surface area (Å²) in [6.45, 7) is 4.98. The standard InChI is InChI=1S/C18H26N2O3S/c1-14-3-5-15(6-4-14)11-20(16-7-8-16)12-17(21)19-18(2)9-10-24(22,23)13-18/h3-6,16H,7-13H2,1-2H3,(H,19,21). The first-order valence-electron chi connectivity index (χ1n) is 8.56. The summed E-state index contributed by atoms with van der Waals surface area (Å²) in [4.78, 5) is 14.7. The largest absolute Gasteiger partial charge is 0.349 e. The van der Waals surface area contributed by atoms with Crippen molar-refractivity contribution in [3.8, 4) is 0 Å². The van der Waals surface area contributed by atoms with Gasteiger partial charge in [0.2, 0.25) is 5.91 Å². The number of sulfone groups is 1. The van der Waals surface area contributed by atoms with E-state index in [0.29, 0.717) is 19.0 Å². The van der Waals surface area contributed by atoms with Gasteiger partial charge in [-0.3, -0.25) is 9.69 Å². The first kappa shape index (κ1) is 17.4. The molecule has 1 aromatic carbocycles. The van der Waals surface area contributed by atoms with Crippen LogP contribution in [0.2, 0.25) is 0 Å². The summed E-state index contributed by atoms with van der Waals surface area (Å²) in [5, 5.41) is 2.96. The lowest BCUT2D eigenvalue weighted by Crippen LogP contribution is -2.50. The van der Waals surface area contributed by atoms with Gasteiger partial charge < -0.3 is 5.32 Å². The number of carbonyl (C=O) groups is 1. The molecule has 0 bridgehead atoms. The molecule has 1 N–H and O–H groups in total. The minimum absolute atomic E-state index is 0.0487. The van der Waals surface area contributed by atoms with Crippen LogP contribution in [0.1, 0.15) is 37.3 Å². The third-order valence-electron chi connectivity index (χ3n) is 4.86. The maximum absolute atomic E-state index is 12.5. The lowest BCUT2D eigenvalue weighted by atomic mass is 10.0. The van der Waals surface area contributed by atoms with Gasteiger partial charge in [0.05, 0.1) is 23.6 Å². The quantitative estimate of drug-likeness (QED) is 0.847. The molecule has 3 rings (SSSR count). The molecule has 1 unspecified atom stereocenters. The normalized spacial score (nSPS) is 25.8. The fourth-order valence-corrected chi connectivity index (χ4v) is 5.44. The molecular formula is C18H26N2O3S. The van der Waals surface area contributed by atoms with Crippen LogP contribution in [0.4, 0.5) is 0 Å². The van der Waals surface area contributed by atoms with E-state index in [4.69, 9.17) is 0 Å². The van der Waals surface area contributed by atoms with E-state index < -0.39 is 15.4 Å². The second kappa shape index (κ2) is 6.48. The molecule has 1 atom stereocenters. The summed E-state index contributed by atoms with van der Waals surface area (Å²) in [6.07, 6.45) is 2.76. The lowest BCUT2D eigenvalue weighted by molar-refractivity contribution is -0.124. The number of nitrogens with zero attached hydrogens (tertiary/aromatic N) is 1. The Morgan fingerprint density at radius 1 is 1.29 bits per heavy atom. The highest BCUT2D eigenvalue weighted by molar-refractivity contribution is 7.91. The molecule has 24 heavy (non-hydrogen) atoms. The predicted octanol–water partition coefficient (Wildman–Crippen LogP) is 1.65. The molecule has 1 aliphatic heterocycles. The Morgan fingerprint density at radius 2 is 1.96 bits per heavy atom. The predicted molar refractivity (Wildman–Crippen MR) is 94.4 cm³/mol. The van der Waals surface area contributed by atoms with Crippen LogP contribution in [0.15, 0.2) is 24.3 Å². The highest BCUT2D eigenvalue weighted by Crippen LogP contribution is 2.28. The number of nitrogens with one attached hydrogen (secondary N) is 1. The maximum Gasteiger partial charge on any atom is 0.234 e. The molecule has 1 saturated carbocycles. The highest BCUT2D eigenvalue weighted by atomic mass is 32.2. The molecule has 1 heterocycles. The average molecular weight is 350 g/mol. The zero-order valence-corrected chi connectivity index (χ0v) is 15.2. The Labute approximate surface area is 144 Å². The van der Waals surface area contributed by atoms with E-state index in [1.807, 2.05) is 6.92 Å². The molecule has 0 spiro atoms. The summed E-state index contributed by atoms with van der Waals surface area (Å²) in [7, 11) is -3.01. The Hall–Kier alpha value is -1.40. The Kier molecular flexibility index (Phi) is 4.71. The van der Waals surface area contributed by atoms with E-state index >= 15 is 0 Å². The van der Waals surface area contributed by atoms with Crippen LogP contribution in [-0.2, 0) is 21.2 Å². The van der Waals surface area contributed by atoms with E-state index in [1.165, 1.54) is 11.1 Å². The van der Waals surface area contributed by atoms with Crippen LogP contribution < -0.4 is 5.32 Å². The van der Waals surface area contributed by atoms with Crippen molar-refractivity contribution in [3.63, 3.8) is 0 Å². The van der Waals surface area contributed by atoms with E-state index in [-0.39, 0.29) is 17.4 Å². The van der Waals surface area contributed by atoms with E-state index in [1.54, 1.807) is 0 Å². The third-order valence-corrected chi connectivity index (χ3v) is 6.76. The van der Waals surface area contributed by atoms with E-state index in [0.717, 1.165) is 19.4 Å². The van der Waals surface area contributed by atoms with Crippen molar-refractivity contribution in [2.45, 2.75) is 51.2 Å². The van der Waals surface area contributed by atoms with Gasteiger partial charge in [-0.1, -0.05) is 29.8 Å². The molecule has 1 aromatic rings. The molecule has 6 heteroatoms. The second-order valence-corrected chi connectivity index (χ2v) is 9.76.